The van der Waals surface area contributed by atoms with Crippen LogP contribution in [0.25, 0.3) is 0 Å². The minimum absolute atomic E-state index is 0.124. The predicted molar refractivity (Wildman–Crippen MR) is 68.5 cm³/mol. The summed E-state index contributed by atoms with van der Waals surface area (Å²) in [7, 11) is 0. The van der Waals surface area contributed by atoms with E-state index in [1.54, 1.807) is 0 Å². The molecule has 3 rings (SSSR count). The lowest BCUT2D eigenvalue weighted by atomic mass is 9.74. The van der Waals surface area contributed by atoms with Gasteiger partial charge in [0, 0.05) is 12.8 Å². The molecule has 0 amide bonds. The smallest absolute Gasteiger partial charge is 0.191 e. The maximum absolute atomic E-state index is 13.8. The number of aliphatic hydroxyl groups is 1. The van der Waals surface area contributed by atoms with Crippen molar-refractivity contribution >= 4 is 0 Å². The molecule has 1 N–H and O–H groups in total. The fourth-order valence-corrected chi connectivity index (χ4v) is 2.99. The van der Waals surface area contributed by atoms with E-state index in [4.69, 9.17) is 14.6 Å². The van der Waals surface area contributed by atoms with Crippen LogP contribution in [0.3, 0.4) is 0 Å². The normalized spacial score (nSPS) is 24.4. The van der Waals surface area contributed by atoms with Crippen LogP contribution < -0.4 is 4.74 Å². The molecular formula is C15H18F2O3. The first-order valence-corrected chi connectivity index (χ1v) is 7.01. The molecule has 1 aromatic rings. The third-order valence-electron chi connectivity index (χ3n) is 4.24. The number of benzene rings is 1. The van der Waals surface area contributed by atoms with Crippen molar-refractivity contribution in [2.45, 2.75) is 50.4 Å². The van der Waals surface area contributed by atoms with E-state index in [0.29, 0.717) is 19.4 Å². The highest BCUT2D eigenvalue weighted by atomic mass is 19.1. The lowest BCUT2D eigenvalue weighted by Gasteiger charge is -2.46. The minimum Gasteiger partial charge on any atom is -0.484 e. The SMILES string of the molecule is OCc1cc(F)c(OC2CCOC3(CCC3)C2)c(F)c1. The highest BCUT2D eigenvalue weighted by Crippen LogP contribution is 2.43. The van der Waals surface area contributed by atoms with Gasteiger partial charge in [0.2, 0.25) is 0 Å². The third kappa shape index (κ3) is 2.52. The van der Waals surface area contributed by atoms with Crippen molar-refractivity contribution in [3.63, 3.8) is 0 Å². The summed E-state index contributed by atoms with van der Waals surface area (Å²) >= 11 is 0. The standard InChI is InChI=1S/C15H18F2O3/c16-12-6-10(9-18)7-13(17)14(12)20-11-2-5-19-15(8-11)3-1-4-15/h6-7,11,18H,1-5,8-9H2. The summed E-state index contributed by atoms with van der Waals surface area (Å²) in [5, 5.41) is 8.92. The number of rotatable bonds is 3. The Labute approximate surface area is 116 Å². The van der Waals surface area contributed by atoms with E-state index in [2.05, 4.69) is 0 Å². The van der Waals surface area contributed by atoms with Crippen molar-refractivity contribution in [2.24, 2.45) is 0 Å². The average Bonchev–Trinajstić information content (AvgIpc) is 2.41. The van der Waals surface area contributed by atoms with Gasteiger partial charge in [-0.15, -0.1) is 0 Å². The number of ether oxygens (including phenoxy) is 2. The fourth-order valence-electron chi connectivity index (χ4n) is 2.99. The van der Waals surface area contributed by atoms with Crippen molar-refractivity contribution in [3.8, 4) is 5.75 Å². The molecule has 1 spiro atoms. The lowest BCUT2D eigenvalue weighted by Crippen LogP contribution is -2.48. The van der Waals surface area contributed by atoms with Crippen molar-refractivity contribution in [1.29, 1.82) is 0 Å². The molecule has 1 aromatic carbocycles. The fraction of sp³-hybridized carbons (Fsp3) is 0.600. The zero-order valence-electron chi connectivity index (χ0n) is 11.2. The molecule has 3 nitrogen and oxygen atoms in total. The third-order valence-corrected chi connectivity index (χ3v) is 4.24. The zero-order chi connectivity index (χ0) is 14.2. The Morgan fingerprint density at radius 2 is 2.00 bits per heavy atom. The number of hydrogen-bond donors (Lipinski definition) is 1. The van der Waals surface area contributed by atoms with E-state index in [1.165, 1.54) is 0 Å². The van der Waals surface area contributed by atoms with E-state index in [-0.39, 0.29) is 23.0 Å². The highest BCUT2D eigenvalue weighted by molar-refractivity contribution is 5.31. The second kappa shape index (κ2) is 5.30. The molecule has 1 saturated carbocycles. The van der Waals surface area contributed by atoms with Gasteiger partial charge in [0.1, 0.15) is 6.10 Å². The van der Waals surface area contributed by atoms with Crippen molar-refractivity contribution in [1.82, 2.24) is 0 Å². The highest BCUT2D eigenvalue weighted by Gasteiger charge is 2.43. The Hall–Kier alpha value is -1.20. The Kier molecular flexibility index (Phi) is 3.65. The first kappa shape index (κ1) is 13.8. The largest absolute Gasteiger partial charge is 0.484 e. The van der Waals surface area contributed by atoms with Crippen LogP contribution in [-0.2, 0) is 11.3 Å². The number of hydrogen-bond acceptors (Lipinski definition) is 3. The molecule has 1 unspecified atom stereocenters. The summed E-state index contributed by atoms with van der Waals surface area (Å²) in [5.74, 6) is -1.87. The Morgan fingerprint density at radius 1 is 1.30 bits per heavy atom. The molecule has 20 heavy (non-hydrogen) atoms. The molecule has 1 atom stereocenters. The molecular weight excluding hydrogens is 266 g/mol. The quantitative estimate of drug-likeness (QED) is 0.927. The Balaban J connectivity index is 1.74. The second-order valence-electron chi connectivity index (χ2n) is 5.66. The van der Waals surface area contributed by atoms with E-state index in [1.807, 2.05) is 0 Å². The summed E-state index contributed by atoms with van der Waals surface area (Å²) in [6.45, 7) is 0.178. The molecule has 2 aliphatic rings. The van der Waals surface area contributed by atoms with Crippen LogP contribution >= 0.6 is 0 Å². The van der Waals surface area contributed by atoms with E-state index < -0.39 is 18.2 Å². The molecule has 0 bridgehead atoms. The summed E-state index contributed by atoms with van der Waals surface area (Å²) in [5.41, 5.74) is 0.0794. The van der Waals surface area contributed by atoms with Gasteiger partial charge in [-0.3, -0.25) is 0 Å². The van der Waals surface area contributed by atoms with Crippen LogP contribution in [0.5, 0.6) is 5.75 Å². The first-order chi connectivity index (χ1) is 9.62. The second-order valence-corrected chi connectivity index (χ2v) is 5.66. The van der Waals surface area contributed by atoms with Gasteiger partial charge in [0.15, 0.2) is 17.4 Å². The molecule has 0 radical (unpaired) electrons. The van der Waals surface area contributed by atoms with Crippen molar-refractivity contribution in [2.75, 3.05) is 6.61 Å². The maximum atomic E-state index is 13.8. The molecule has 1 heterocycles. The average molecular weight is 284 g/mol. The van der Waals surface area contributed by atoms with Gasteiger partial charge >= 0.3 is 0 Å². The van der Waals surface area contributed by atoms with Gasteiger partial charge in [-0.05, 0) is 37.0 Å². The van der Waals surface area contributed by atoms with Gasteiger partial charge in [-0.1, -0.05) is 0 Å². The van der Waals surface area contributed by atoms with Gasteiger partial charge < -0.3 is 14.6 Å². The molecule has 1 saturated heterocycles. The number of aliphatic hydroxyl groups excluding tert-OH is 1. The van der Waals surface area contributed by atoms with E-state index in [9.17, 15) is 8.78 Å². The van der Waals surface area contributed by atoms with Crippen molar-refractivity contribution < 1.29 is 23.4 Å². The predicted octanol–water partition coefficient (Wildman–Crippen LogP) is 2.94. The van der Waals surface area contributed by atoms with Crippen LogP contribution in [-0.4, -0.2) is 23.4 Å². The van der Waals surface area contributed by atoms with Gasteiger partial charge in [0.25, 0.3) is 0 Å². The molecule has 0 aromatic heterocycles. The molecule has 1 aliphatic heterocycles. The Bertz CT molecular complexity index is 477. The van der Waals surface area contributed by atoms with E-state index >= 15 is 0 Å². The summed E-state index contributed by atoms with van der Waals surface area (Å²) in [6, 6.07) is 2.22. The van der Waals surface area contributed by atoms with Gasteiger partial charge in [-0.25, -0.2) is 8.78 Å². The minimum atomic E-state index is -0.761. The molecule has 110 valence electrons. The van der Waals surface area contributed by atoms with Crippen LogP contribution in [0, 0.1) is 11.6 Å². The number of halogens is 2. The van der Waals surface area contributed by atoms with Crippen LogP contribution in [0.15, 0.2) is 12.1 Å². The van der Waals surface area contributed by atoms with Crippen LogP contribution in [0.1, 0.15) is 37.7 Å². The topological polar surface area (TPSA) is 38.7 Å². The van der Waals surface area contributed by atoms with Gasteiger partial charge in [0.05, 0.1) is 18.8 Å². The van der Waals surface area contributed by atoms with Crippen LogP contribution in [0.2, 0.25) is 0 Å². The Morgan fingerprint density at radius 3 is 2.55 bits per heavy atom. The maximum Gasteiger partial charge on any atom is 0.191 e. The van der Waals surface area contributed by atoms with Crippen LogP contribution in [0.4, 0.5) is 8.78 Å². The molecule has 5 heteroatoms. The summed E-state index contributed by atoms with van der Waals surface area (Å²) in [4.78, 5) is 0. The summed E-state index contributed by atoms with van der Waals surface area (Å²) < 4.78 is 39.0. The van der Waals surface area contributed by atoms with Gasteiger partial charge in [-0.2, -0.15) is 0 Å². The monoisotopic (exact) mass is 284 g/mol. The lowest BCUT2D eigenvalue weighted by molar-refractivity contribution is -0.154. The summed E-state index contributed by atoms with van der Waals surface area (Å²) in [6.07, 6.45) is 4.26. The molecule has 1 aliphatic carbocycles. The van der Waals surface area contributed by atoms with Crippen molar-refractivity contribution in [3.05, 3.63) is 29.3 Å². The van der Waals surface area contributed by atoms with E-state index in [0.717, 1.165) is 31.4 Å². The zero-order valence-corrected chi connectivity index (χ0v) is 11.2. The first-order valence-electron chi connectivity index (χ1n) is 7.01. The molecule has 2 fully saturated rings.